The third kappa shape index (κ3) is 3.81. The lowest BCUT2D eigenvalue weighted by Crippen LogP contribution is -2.29. The highest BCUT2D eigenvalue weighted by Gasteiger charge is 2.41. The van der Waals surface area contributed by atoms with Gasteiger partial charge in [-0.25, -0.2) is 0 Å². The zero-order chi connectivity index (χ0) is 20.4. The average molecular weight is 425 g/mol. The van der Waals surface area contributed by atoms with Gasteiger partial charge in [0.25, 0.3) is 0 Å². The monoisotopic (exact) mass is 424 g/mol. The van der Waals surface area contributed by atoms with Crippen molar-refractivity contribution in [1.82, 2.24) is 10.3 Å². The summed E-state index contributed by atoms with van der Waals surface area (Å²) in [5.41, 5.74) is 2.39. The maximum atomic E-state index is 11.6. The fourth-order valence-electron chi connectivity index (χ4n) is 3.51. The normalized spacial score (nSPS) is 18.4. The van der Waals surface area contributed by atoms with Crippen LogP contribution in [0.2, 0.25) is 0 Å². The van der Waals surface area contributed by atoms with E-state index in [1.54, 1.807) is 24.6 Å². The van der Waals surface area contributed by atoms with Gasteiger partial charge in [-0.05, 0) is 54.0 Å². The van der Waals surface area contributed by atoms with Gasteiger partial charge in [0.15, 0.2) is 5.11 Å². The first-order valence-electron chi connectivity index (χ1n) is 9.08. The number of amides is 1. The van der Waals surface area contributed by atoms with Crippen molar-refractivity contribution in [1.29, 1.82) is 0 Å². The average Bonchev–Trinajstić information content (AvgIpc) is 3.35. The van der Waals surface area contributed by atoms with Crippen molar-refractivity contribution in [2.45, 2.75) is 19.0 Å². The lowest BCUT2D eigenvalue weighted by atomic mass is 10.0. The van der Waals surface area contributed by atoms with E-state index in [-0.39, 0.29) is 18.0 Å². The van der Waals surface area contributed by atoms with Gasteiger partial charge in [-0.3, -0.25) is 9.78 Å². The summed E-state index contributed by atoms with van der Waals surface area (Å²) in [6.45, 7) is 1.47. The molecule has 0 aliphatic carbocycles. The number of aromatic nitrogens is 1. The fraction of sp³-hybridized carbons (Fsp3) is 0.190. The van der Waals surface area contributed by atoms with Crippen LogP contribution in [-0.2, 0) is 4.79 Å². The number of methoxy groups -OCH3 is 1. The molecule has 1 aliphatic rings. The van der Waals surface area contributed by atoms with Gasteiger partial charge < -0.3 is 20.3 Å². The molecule has 2 atom stereocenters. The Bertz CT molecular complexity index is 1020. The molecule has 0 spiro atoms. The first kappa shape index (κ1) is 19.4. The third-order valence-electron chi connectivity index (χ3n) is 4.70. The highest BCUT2D eigenvalue weighted by atomic mass is 32.1. The predicted molar refractivity (Wildman–Crippen MR) is 120 cm³/mol. The second-order valence-corrected chi connectivity index (χ2v) is 7.94. The number of carbonyl (C=O) groups is 1. The molecule has 1 fully saturated rings. The SMILES string of the molecule is COc1ccc(N2C(=S)N[C@H](c3ccccn3)[C@H]2c2cccs2)cc1NC(C)=O. The summed E-state index contributed by atoms with van der Waals surface area (Å²) in [4.78, 5) is 19.4. The van der Waals surface area contributed by atoms with E-state index in [0.29, 0.717) is 16.5 Å². The molecule has 0 unspecified atom stereocenters. The van der Waals surface area contributed by atoms with Crippen molar-refractivity contribution in [2.75, 3.05) is 17.3 Å². The van der Waals surface area contributed by atoms with Crippen molar-refractivity contribution in [2.24, 2.45) is 0 Å². The topological polar surface area (TPSA) is 66.5 Å². The number of carbonyl (C=O) groups excluding carboxylic acids is 1. The molecule has 2 aromatic heterocycles. The van der Waals surface area contributed by atoms with Gasteiger partial charge in [-0.1, -0.05) is 12.1 Å². The van der Waals surface area contributed by atoms with Crippen molar-refractivity contribution >= 4 is 45.9 Å². The Morgan fingerprint density at radius 3 is 2.79 bits per heavy atom. The highest BCUT2D eigenvalue weighted by Crippen LogP contribution is 2.44. The Morgan fingerprint density at radius 1 is 1.28 bits per heavy atom. The van der Waals surface area contributed by atoms with Gasteiger partial charge in [-0.2, -0.15) is 0 Å². The smallest absolute Gasteiger partial charge is 0.221 e. The summed E-state index contributed by atoms with van der Waals surface area (Å²) in [6.07, 6.45) is 1.79. The van der Waals surface area contributed by atoms with Crippen molar-refractivity contribution in [3.8, 4) is 5.75 Å². The first-order chi connectivity index (χ1) is 14.1. The molecule has 3 heterocycles. The number of thiocarbonyl (C=S) groups is 1. The fourth-order valence-corrected chi connectivity index (χ4v) is 4.71. The maximum Gasteiger partial charge on any atom is 0.221 e. The minimum atomic E-state index is -0.163. The Hall–Kier alpha value is -2.97. The van der Waals surface area contributed by atoms with Crippen LogP contribution in [0.5, 0.6) is 5.75 Å². The summed E-state index contributed by atoms with van der Waals surface area (Å²) in [7, 11) is 1.58. The molecule has 0 radical (unpaired) electrons. The largest absolute Gasteiger partial charge is 0.495 e. The Morgan fingerprint density at radius 2 is 2.14 bits per heavy atom. The van der Waals surface area contributed by atoms with E-state index in [1.807, 2.05) is 42.5 Å². The molecule has 8 heteroatoms. The van der Waals surface area contributed by atoms with E-state index in [9.17, 15) is 4.79 Å². The number of pyridine rings is 1. The van der Waals surface area contributed by atoms with E-state index in [0.717, 1.165) is 11.4 Å². The lowest BCUT2D eigenvalue weighted by Gasteiger charge is -2.27. The molecular formula is C21H20N4O2S2. The molecule has 1 saturated heterocycles. The van der Waals surface area contributed by atoms with Crippen molar-refractivity contribution < 1.29 is 9.53 Å². The predicted octanol–water partition coefficient (Wildman–Crippen LogP) is 4.29. The summed E-state index contributed by atoms with van der Waals surface area (Å²) >= 11 is 7.39. The molecule has 4 rings (SSSR count). The van der Waals surface area contributed by atoms with E-state index in [1.165, 1.54) is 11.8 Å². The van der Waals surface area contributed by atoms with Crippen LogP contribution in [0.15, 0.2) is 60.1 Å². The molecule has 1 aromatic carbocycles. The Balaban J connectivity index is 1.79. The standard InChI is InChI=1S/C21H20N4O2S2/c1-13(26)23-16-12-14(8-9-17(16)27-2)25-20(18-7-5-11-29-18)19(24-21(25)28)15-6-3-4-10-22-15/h3-12,19-20H,1-2H3,(H,23,26)(H,24,28)/t19-,20-/m1/s1. The van der Waals surface area contributed by atoms with E-state index in [2.05, 4.69) is 32.0 Å². The van der Waals surface area contributed by atoms with Crippen LogP contribution >= 0.6 is 23.6 Å². The van der Waals surface area contributed by atoms with Gasteiger partial charge in [0, 0.05) is 23.7 Å². The number of nitrogens with zero attached hydrogens (tertiary/aromatic N) is 2. The maximum absolute atomic E-state index is 11.6. The van der Waals surface area contributed by atoms with Crippen molar-refractivity contribution in [3.05, 3.63) is 70.7 Å². The van der Waals surface area contributed by atoms with Gasteiger partial charge in [0.2, 0.25) is 5.91 Å². The van der Waals surface area contributed by atoms with Crippen LogP contribution in [0, 0.1) is 0 Å². The number of rotatable bonds is 5. The molecule has 0 saturated carbocycles. The molecule has 1 aliphatic heterocycles. The minimum absolute atomic E-state index is 0.0593. The molecule has 2 N–H and O–H groups in total. The molecule has 1 amide bonds. The van der Waals surface area contributed by atoms with Crippen LogP contribution in [0.4, 0.5) is 11.4 Å². The van der Waals surface area contributed by atoms with Crippen LogP contribution < -0.4 is 20.3 Å². The number of anilines is 2. The van der Waals surface area contributed by atoms with Gasteiger partial charge in [0.1, 0.15) is 5.75 Å². The molecule has 0 bridgehead atoms. The lowest BCUT2D eigenvalue weighted by molar-refractivity contribution is -0.114. The Kier molecular flexibility index (Phi) is 5.46. The van der Waals surface area contributed by atoms with E-state index < -0.39 is 0 Å². The number of hydrogen-bond donors (Lipinski definition) is 2. The third-order valence-corrected chi connectivity index (χ3v) is 5.96. The first-order valence-corrected chi connectivity index (χ1v) is 10.4. The second-order valence-electron chi connectivity index (χ2n) is 6.58. The number of hydrogen-bond acceptors (Lipinski definition) is 5. The van der Waals surface area contributed by atoms with Crippen LogP contribution in [0.25, 0.3) is 0 Å². The number of benzene rings is 1. The summed E-state index contributed by atoms with van der Waals surface area (Å²) in [5.74, 6) is 0.430. The Labute approximate surface area is 178 Å². The minimum Gasteiger partial charge on any atom is -0.495 e. The number of nitrogens with one attached hydrogen (secondary N) is 2. The second kappa shape index (κ2) is 8.18. The molecule has 29 heavy (non-hydrogen) atoms. The summed E-state index contributed by atoms with van der Waals surface area (Å²) < 4.78 is 5.39. The molecule has 3 aromatic rings. The molecular weight excluding hydrogens is 404 g/mol. The van der Waals surface area contributed by atoms with Crippen molar-refractivity contribution in [3.63, 3.8) is 0 Å². The van der Waals surface area contributed by atoms with Gasteiger partial charge in [-0.15, -0.1) is 11.3 Å². The zero-order valence-electron chi connectivity index (χ0n) is 16.0. The highest BCUT2D eigenvalue weighted by molar-refractivity contribution is 7.80. The van der Waals surface area contributed by atoms with Gasteiger partial charge in [0.05, 0.1) is 30.6 Å². The summed E-state index contributed by atoms with van der Waals surface area (Å²) in [6, 6.07) is 15.5. The molecule has 6 nitrogen and oxygen atoms in total. The van der Waals surface area contributed by atoms with E-state index in [4.69, 9.17) is 17.0 Å². The van der Waals surface area contributed by atoms with Crippen LogP contribution in [-0.4, -0.2) is 23.1 Å². The quantitative estimate of drug-likeness (QED) is 0.596. The van der Waals surface area contributed by atoms with Crippen LogP contribution in [0.1, 0.15) is 29.6 Å². The van der Waals surface area contributed by atoms with E-state index >= 15 is 0 Å². The van der Waals surface area contributed by atoms with Gasteiger partial charge >= 0.3 is 0 Å². The number of thiophene rings is 1. The zero-order valence-corrected chi connectivity index (χ0v) is 17.6. The summed E-state index contributed by atoms with van der Waals surface area (Å²) in [5, 5.41) is 8.93. The van der Waals surface area contributed by atoms with Crippen LogP contribution in [0.3, 0.4) is 0 Å². The number of ether oxygens (including phenoxy) is 1. The molecule has 148 valence electrons.